The van der Waals surface area contributed by atoms with Gasteiger partial charge in [0.2, 0.25) is 5.91 Å². The number of carbonyl (C=O) groups is 2. The highest BCUT2D eigenvalue weighted by Gasteiger charge is 2.33. The monoisotopic (exact) mass is 456 g/mol. The summed E-state index contributed by atoms with van der Waals surface area (Å²) in [6, 6.07) is 6.77. The van der Waals surface area contributed by atoms with Crippen molar-refractivity contribution in [1.82, 2.24) is 19.7 Å². The molecule has 1 aliphatic heterocycles. The lowest BCUT2D eigenvalue weighted by atomic mass is 9.99. The van der Waals surface area contributed by atoms with Crippen LogP contribution in [0.1, 0.15) is 50.5 Å². The molecule has 2 aromatic heterocycles. The Kier molecular flexibility index (Phi) is 5.40. The van der Waals surface area contributed by atoms with Gasteiger partial charge in [-0.05, 0) is 31.5 Å². The van der Waals surface area contributed by atoms with Gasteiger partial charge in [-0.15, -0.1) is 21.5 Å². The van der Waals surface area contributed by atoms with Crippen LogP contribution in [0, 0.1) is 13.8 Å². The van der Waals surface area contributed by atoms with Crippen LogP contribution in [0.5, 0.6) is 0 Å². The van der Waals surface area contributed by atoms with E-state index in [2.05, 4.69) is 10.2 Å². The second-order valence-corrected chi connectivity index (χ2v) is 8.97. The number of carbonyl (C=O) groups excluding carboxylic acids is 2. The van der Waals surface area contributed by atoms with Gasteiger partial charge in [0.1, 0.15) is 16.9 Å². The van der Waals surface area contributed by atoms with E-state index in [9.17, 15) is 9.59 Å². The van der Waals surface area contributed by atoms with Crippen molar-refractivity contribution in [3.63, 3.8) is 0 Å². The molecule has 1 aromatic carbocycles. The quantitative estimate of drug-likeness (QED) is 0.650. The fourth-order valence-corrected chi connectivity index (χ4v) is 4.95. The van der Waals surface area contributed by atoms with Crippen molar-refractivity contribution in [1.29, 1.82) is 0 Å². The molecular formula is C21H21ClN6O2S. The molecule has 0 saturated carbocycles. The summed E-state index contributed by atoms with van der Waals surface area (Å²) in [5.41, 5.74) is 8.65. The fraction of sp³-hybridized carbons (Fsp3) is 0.286. The molecular weight excluding hydrogens is 436 g/mol. The Hall–Kier alpha value is -3.04. The average Bonchev–Trinajstić information content (AvgIpc) is 3.21. The molecule has 10 heteroatoms. The third kappa shape index (κ3) is 3.64. The first kappa shape index (κ1) is 21.2. The Morgan fingerprint density at radius 3 is 2.48 bits per heavy atom. The van der Waals surface area contributed by atoms with Gasteiger partial charge in [0.05, 0.1) is 17.0 Å². The largest absolute Gasteiger partial charge is 0.365 e. The molecule has 0 aliphatic carbocycles. The van der Waals surface area contributed by atoms with Gasteiger partial charge in [0.25, 0.3) is 5.91 Å². The summed E-state index contributed by atoms with van der Waals surface area (Å²) in [5, 5.41) is 9.93. The van der Waals surface area contributed by atoms with Crippen LogP contribution in [-0.2, 0) is 4.79 Å². The predicted molar refractivity (Wildman–Crippen MR) is 120 cm³/mol. The lowest BCUT2D eigenvalue weighted by molar-refractivity contribution is -0.129. The molecule has 0 fully saturated rings. The predicted octanol–water partition coefficient (Wildman–Crippen LogP) is 3.07. The van der Waals surface area contributed by atoms with Gasteiger partial charge >= 0.3 is 0 Å². The van der Waals surface area contributed by atoms with Crippen molar-refractivity contribution in [3.05, 3.63) is 62.5 Å². The number of halogens is 1. The highest BCUT2D eigenvalue weighted by molar-refractivity contribution is 7.17. The van der Waals surface area contributed by atoms with Crippen LogP contribution in [0.15, 0.2) is 29.3 Å². The van der Waals surface area contributed by atoms with E-state index in [4.69, 9.17) is 22.3 Å². The van der Waals surface area contributed by atoms with Crippen molar-refractivity contribution >= 4 is 40.5 Å². The normalized spacial score (nSPS) is 15.0. The van der Waals surface area contributed by atoms with E-state index in [1.807, 2.05) is 30.5 Å². The zero-order chi connectivity index (χ0) is 22.4. The first-order valence-electron chi connectivity index (χ1n) is 9.58. The highest BCUT2D eigenvalue weighted by atomic mass is 35.5. The van der Waals surface area contributed by atoms with Crippen LogP contribution in [0.2, 0.25) is 5.02 Å². The van der Waals surface area contributed by atoms with Crippen LogP contribution >= 0.6 is 22.9 Å². The number of amides is 2. The number of fused-ring (bicyclic) bond motifs is 3. The SMILES string of the molecule is Cc1c(C(N)=O)sc2c1C(c1ccc(Cl)cc1)=N[C@@H](CC(=O)N(C)C)c1nnc(C)n1-2. The van der Waals surface area contributed by atoms with Crippen LogP contribution in [0.3, 0.4) is 0 Å². The zero-order valence-corrected chi connectivity index (χ0v) is 19.1. The Balaban J connectivity index is 2.02. The molecule has 1 atom stereocenters. The van der Waals surface area contributed by atoms with Gasteiger partial charge in [-0.25, -0.2) is 0 Å². The molecule has 4 rings (SSSR count). The maximum absolute atomic E-state index is 12.6. The van der Waals surface area contributed by atoms with Crippen LogP contribution in [0.4, 0.5) is 0 Å². The van der Waals surface area contributed by atoms with Crippen molar-refractivity contribution in [3.8, 4) is 5.00 Å². The second kappa shape index (κ2) is 7.90. The van der Waals surface area contributed by atoms with Gasteiger partial charge in [-0.2, -0.15) is 0 Å². The number of rotatable bonds is 4. The highest BCUT2D eigenvalue weighted by Crippen LogP contribution is 2.39. The molecule has 3 heterocycles. The maximum Gasteiger partial charge on any atom is 0.259 e. The van der Waals surface area contributed by atoms with Crippen molar-refractivity contribution < 1.29 is 9.59 Å². The summed E-state index contributed by atoms with van der Waals surface area (Å²) in [6.45, 7) is 3.68. The van der Waals surface area contributed by atoms with E-state index in [1.165, 1.54) is 16.2 Å². The molecule has 3 aromatic rings. The summed E-state index contributed by atoms with van der Waals surface area (Å²) < 4.78 is 1.87. The topological polar surface area (TPSA) is 106 Å². The number of primary amides is 1. The number of hydrogen-bond acceptors (Lipinski definition) is 6. The van der Waals surface area contributed by atoms with E-state index >= 15 is 0 Å². The molecule has 0 spiro atoms. The van der Waals surface area contributed by atoms with Gasteiger partial charge in [-0.1, -0.05) is 23.7 Å². The Morgan fingerprint density at radius 1 is 1.19 bits per heavy atom. The minimum atomic E-state index is -0.544. The van der Waals surface area contributed by atoms with Gasteiger partial charge in [-0.3, -0.25) is 19.1 Å². The molecule has 31 heavy (non-hydrogen) atoms. The second-order valence-electron chi connectivity index (χ2n) is 7.53. The first-order chi connectivity index (χ1) is 14.7. The smallest absolute Gasteiger partial charge is 0.259 e. The number of nitrogens with zero attached hydrogens (tertiary/aromatic N) is 5. The summed E-state index contributed by atoms with van der Waals surface area (Å²) in [5.74, 6) is 0.618. The number of aryl methyl sites for hydroxylation is 1. The molecule has 2 amide bonds. The number of thiophene rings is 1. The van der Waals surface area contributed by atoms with Gasteiger partial charge in [0.15, 0.2) is 5.82 Å². The minimum absolute atomic E-state index is 0.0730. The van der Waals surface area contributed by atoms with Crippen LogP contribution in [0.25, 0.3) is 5.00 Å². The summed E-state index contributed by atoms with van der Waals surface area (Å²) in [4.78, 5) is 31.7. The standard InChI is InChI=1S/C21H21ClN6O2S/c1-10-16-17(12-5-7-13(22)8-6-12)24-14(9-15(29)27(3)4)20-26-25-11(2)28(20)21(16)31-18(10)19(23)30/h5-8,14H,9H2,1-4H3,(H2,23,30)/t14-/m0/s1. The Bertz CT molecular complexity index is 1230. The first-order valence-corrected chi connectivity index (χ1v) is 10.8. The lowest BCUT2D eigenvalue weighted by Gasteiger charge is -2.15. The Labute approximate surface area is 188 Å². The van der Waals surface area contributed by atoms with Gasteiger partial charge < -0.3 is 10.6 Å². The minimum Gasteiger partial charge on any atom is -0.365 e. The van der Waals surface area contributed by atoms with E-state index in [1.54, 1.807) is 26.2 Å². The van der Waals surface area contributed by atoms with E-state index in [0.717, 1.165) is 21.7 Å². The third-order valence-electron chi connectivity index (χ3n) is 5.21. The maximum atomic E-state index is 12.6. The van der Waals surface area contributed by atoms with Gasteiger partial charge in [0, 0.05) is 30.2 Å². The number of benzene rings is 1. The van der Waals surface area contributed by atoms with Crippen molar-refractivity contribution in [2.75, 3.05) is 14.1 Å². The molecule has 0 bridgehead atoms. The number of aromatic nitrogens is 3. The average molecular weight is 457 g/mol. The molecule has 0 unspecified atom stereocenters. The number of aliphatic imine (C=N–C) groups is 1. The van der Waals surface area contributed by atoms with Crippen LogP contribution < -0.4 is 5.73 Å². The van der Waals surface area contributed by atoms with Crippen molar-refractivity contribution in [2.24, 2.45) is 10.7 Å². The van der Waals surface area contributed by atoms with Crippen molar-refractivity contribution in [2.45, 2.75) is 26.3 Å². The molecule has 2 N–H and O–H groups in total. The van der Waals surface area contributed by atoms with E-state index < -0.39 is 11.9 Å². The third-order valence-corrected chi connectivity index (χ3v) is 6.75. The summed E-state index contributed by atoms with van der Waals surface area (Å²) in [7, 11) is 3.41. The lowest BCUT2D eigenvalue weighted by Crippen LogP contribution is -2.24. The molecule has 0 saturated heterocycles. The summed E-state index contributed by atoms with van der Waals surface area (Å²) >= 11 is 7.38. The Morgan fingerprint density at radius 2 is 1.87 bits per heavy atom. The molecule has 1 aliphatic rings. The zero-order valence-electron chi connectivity index (χ0n) is 17.5. The van der Waals surface area contributed by atoms with E-state index in [0.29, 0.717) is 27.3 Å². The number of nitrogens with two attached hydrogens (primary N) is 1. The molecule has 160 valence electrons. The number of hydrogen-bond donors (Lipinski definition) is 1. The fourth-order valence-electron chi connectivity index (χ4n) is 3.60. The van der Waals surface area contributed by atoms with Crippen LogP contribution in [-0.4, -0.2) is 51.3 Å². The van der Waals surface area contributed by atoms with E-state index in [-0.39, 0.29) is 12.3 Å². The summed E-state index contributed by atoms with van der Waals surface area (Å²) in [6.07, 6.45) is 0.138. The molecule has 0 radical (unpaired) electrons. The molecule has 8 nitrogen and oxygen atoms in total.